The minimum absolute atomic E-state index is 0.351. The molecule has 0 saturated carbocycles. The van der Waals surface area contributed by atoms with Gasteiger partial charge < -0.3 is 0 Å². The highest BCUT2D eigenvalue weighted by molar-refractivity contribution is 7.92. The van der Waals surface area contributed by atoms with Gasteiger partial charge in [-0.3, -0.25) is 14.8 Å². The van der Waals surface area contributed by atoms with Crippen molar-refractivity contribution in [1.29, 1.82) is 0 Å². The number of benzene rings is 1. The first-order chi connectivity index (χ1) is 8.90. The smallest absolute Gasteiger partial charge is 0.279 e. The molecule has 0 aliphatic carbocycles. The van der Waals surface area contributed by atoms with Crippen LogP contribution >= 0.6 is 11.3 Å². The first kappa shape index (κ1) is 13.4. The number of hydrogen-bond donors (Lipinski definition) is 1. The van der Waals surface area contributed by atoms with Crippen LogP contribution in [0.2, 0.25) is 0 Å². The fourth-order valence-electron chi connectivity index (χ4n) is 1.34. The zero-order chi connectivity index (χ0) is 14.0. The van der Waals surface area contributed by atoms with E-state index < -0.39 is 26.5 Å². The van der Waals surface area contributed by atoms with Gasteiger partial charge in [0.15, 0.2) is 0 Å². The second kappa shape index (κ2) is 4.94. The van der Waals surface area contributed by atoms with E-state index in [0.29, 0.717) is 11.8 Å². The third-order valence-electron chi connectivity index (χ3n) is 2.20. The molecule has 19 heavy (non-hydrogen) atoms. The normalized spacial score (nSPS) is 11.2. The molecule has 1 aromatic carbocycles. The summed E-state index contributed by atoms with van der Waals surface area (Å²) in [6.07, 6.45) is 0. The average molecular weight is 302 g/mol. The molecule has 1 heterocycles. The maximum Gasteiger partial charge on any atom is 0.304 e. The van der Waals surface area contributed by atoms with Crippen LogP contribution in [0.15, 0.2) is 39.9 Å². The summed E-state index contributed by atoms with van der Waals surface area (Å²) in [5.41, 5.74) is -0.418. The van der Waals surface area contributed by atoms with Crippen molar-refractivity contribution in [2.75, 3.05) is 4.72 Å². The lowest BCUT2D eigenvalue weighted by Gasteiger charge is -2.06. The Kier molecular flexibility index (Phi) is 3.49. The molecule has 0 aliphatic heterocycles. The maximum atomic E-state index is 13.4. The fourth-order valence-corrected chi connectivity index (χ4v) is 3.06. The van der Waals surface area contributed by atoms with E-state index in [2.05, 4.69) is 4.72 Å². The summed E-state index contributed by atoms with van der Waals surface area (Å²) in [4.78, 5) is 9.15. The van der Waals surface area contributed by atoms with Crippen molar-refractivity contribution in [2.45, 2.75) is 4.90 Å². The highest BCUT2D eigenvalue weighted by atomic mass is 32.2. The summed E-state index contributed by atoms with van der Waals surface area (Å²) in [7, 11) is -3.95. The molecule has 0 fully saturated rings. The quantitative estimate of drug-likeness (QED) is 0.694. The van der Waals surface area contributed by atoms with Gasteiger partial charge in [0.05, 0.1) is 15.5 Å². The average Bonchev–Trinajstić information content (AvgIpc) is 2.80. The van der Waals surface area contributed by atoms with Gasteiger partial charge in [0.1, 0.15) is 0 Å². The number of halogens is 1. The standard InChI is InChI=1S/C10H7FN2O4S2/c11-9-5-8(1-2-10(9)13(14)15)19(16,17)12-7-3-4-18-6-7/h1-6,12H. The fraction of sp³-hybridized carbons (Fsp3) is 0. The third kappa shape index (κ3) is 2.88. The number of nitro benzene ring substituents is 1. The van der Waals surface area contributed by atoms with Crippen LogP contribution in [-0.2, 0) is 10.0 Å². The lowest BCUT2D eigenvalue weighted by atomic mass is 10.3. The topological polar surface area (TPSA) is 89.3 Å². The number of nitro groups is 1. The van der Waals surface area contributed by atoms with Crippen molar-refractivity contribution in [1.82, 2.24) is 0 Å². The number of hydrogen-bond acceptors (Lipinski definition) is 5. The molecule has 0 radical (unpaired) electrons. The van der Waals surface area contributed by atoms with Crippen molar-refractivity contribution < 1.29 is 17.7 Å². The van der Waals surface area contributed by atoms with Crippen molar-refractivity contribution in [3.8, 4) is 0 Å². The van der Waals surface area contributed by atoms with E-state index in [1.807, 2.05) is 0 Å². The molecule has 0 aliphatic rings. The molecule has 0 unspecified atom stereocenters. The van der Waals surface area contributed by atoms with E-state index in [4.69, 9.17) is 0 Å². The number of sulfonamides is 1. The highest BCUT2D eigenvalue weighted by Crippen LogP contribution is 2.23. The predicted molar refractivity (Wildman–Crippen MR) is 68.2 cm³/mol. The summed E-state index contributed by atoms with van der Waals surface area (Å²) < 4.78 is 39.4. The molecule has 6 nitrogen and oxygen atoms in total. The molecule has 0 amide bonds. The largest absolute Gasteiger partial charge is 0.304 e. The highest BCUT2D eigenvalue weighted by Gasteiger charge is 2.20. The molecule has 0 atom stereocenters. The molecule has 100 valence electrons. The second-order valence-electron chi connectivity index (χ2n) is 3.49. The van der Waals surface area contributed by atoms with Crippen molar-refractivity contribution in [3.05, 3.63) is 51.0 Å². The van der Waals surface area contributed by atoms with Crippen LogP contribution < -0.4 is 4.72 Å². The van der Waals surface area contributed by atoms with Crippen LogP contribution in [0.5, 0.6) is 0 Å². The zero-order valence-corrected chi connectivity index (χ0v) is 10.9. The molecular formula is C10H7FN2O4S2. The number of rotatable bonds is 4. The van der Waals surface area contributed by atoms with Gasteiger partial charge in [0, 0.05) is 17.5 Å². The van der Waals surface area contributed by atoms with Crippen LogP contribution in [0.25, 0.3) is 0 Å². The molecule has 0 saturated heterocycles. The number of nitrogens with one attached hydrogen (secondary N) is 1. The van der Waals surface area contributed by atoms with Gasteiger partial charge in [0.25, 0.3) is 10.0 Å². The van der Waals surface area contributed by atoms with Gasteiger partial charge in [-0.25, -0.2) is 8.42 Å². The van der Waals surface area contributed by atoms with Crippen LogP contribution in [-0.4, -0.2) is 13.3 Å². The van der Waals surface area contributed by atoms with Crippen LogP contribution in [0.1, 0.15) is 0 Å². The van der Waals surface area contributed by atoms with Crippen LogP contribution in [0.3, 0.4) is 0 Å². The minimum Gasteiger partial charge on any atom is -0.279 e. The maximum absolute atomic E-state index is 13.4. The molecule has 1 N–H and O–H groups in total. The lowest BCUT2D eigenvalue weighted by Crippen LogP contribution is -2.12. The Hall–Kier alpha value is -2.00. The SMILES string of the molecule is O=[N+]([O-])c1ccc(S(=O)(=O)Nc2ccsc2)cc1F. The predicted octanol–water partition coefficient (Wildman–Crippen LogP) is 2.60. The molecule has 2 rings (SSSR count). The molecule has 9 heteroatoms. The van der Waals surface area contributed by atoms with Gasteiger partial charge in [-0.1, -0.05) is 0 Å². The summed E-state index contributed by atoms with van der Waals surface area (Å²) in [5.74, 6) is -1.20. The molecule has 0 bridgehead atoms. The number of anilines is 1. The Morgan fingerprint density at radius 3 is 2.58 bits per heavy atom. The molecule has 2 aromatic rings. The second-order valence-corrected chi connectivity index (χ2v) is 5.95. The van der Waals surface area contributed by atoms with Crippen molar-refractivity contribution in [2.24, 2.45) is 0 Å². The van der Waals surface area contributed by atoms with Gasteiger partial charge in [0.2, 0.25) is 5.82 Å². The van der Waals surface area contributed by atoms with E-state index >= 15 is 0 Å². The Morgan fingerprint density at radius 1 is 1.32 bits per heavy atom. The van der Waals surface area contributed by atoms with Gasteiger partial charge in [-0.15, -0.1) is 0 Å². The lowest BCUT2D eigenvalue weighted by molar-refractivity contribution is -0.387. The molecule has 0 spiro atoms. The first-order valence-electron chi connectivity index (χ1n) is 4.89. The van der Waals surface area contributed by atoms with E-state index in [1.165, 1.54) is 11.3 Å². The van der Waals surface area contributed by atoms with Crippen LogP contribution in [0, 0.1) is 15.9 Å². The number of nitrogens with zero attached hydrogens (tertiary/aromatic N) is 1. The Balaban J connectivity index is 2.36. The summed E-state index contributed by atoms with van der Waals surface area (Å²) in [5, 5.41) is 13.7. The Bertz CT molecular complexity index is 713. The van der Waals surface area contributed by atoms with Gasteiger partial charge in [-0.2, -0.15) is 15.7 Å². The molecular weight excluding hydrogens is 295 g/mol. The van der Waals surface area contributed by atoms with E-state index in [9.17, 15) is 22.9 Å². The van der Waals surface area contributed by atoms with E-state index in [0.717, 1.165) is 12.1 Å². The summed E-state index contributed by atoms with van der Waals surface area (Å²) in [6, 6.07) is 3.96. The first-order valence-corrected chi connectivity index (χ1v) is 7.32. The van der Waals surface area contributed by atoms with Crippen LogP contribution in [0.4, 0.5) is 15.8 Å². The monoisotopic (exact) mass is 302 g/mol. The van der Waals surface area contributed by atoms with Crippen molar-refractivity contribution >= 4 is 32.7 Å². The van der Waals surface area contributed by atoms with Gasteiger partial charge in [-0.05, 0) is 17.5 Å². The molecule has 1 aromatic heterocycles. The van der Waals surface area contributed by atoms with Gasteiger partial charge >= 0.3 is 5.69 Å². The third-order valence-corrected chi connectivity index (χ3v) is 4.26. The summed E-state index contributed by atoms with van der Waals surface area (Å²) >= 11 is 1.29. The number of thiophene rings is 1. The summed E-state index contributed by atoms with van der Waals surface area (Å²) in [6.45, 7) is 0. The van der Waals surface area contributed by atoms with E-state index in [-0.39, 0.29) is 4.90 Å². The Morgan fingerprint density at radius 2 is 2.05 bits per heavy atom. The zero-order valence-electron chi connectivity index (χ0n) is 9.24. The van der Waals surface area contributed by atoms with Crippen molar-refractivity contribution in [3.63, 3.8) is 0 Å². The van der Waals surface area contributed by atoms with E-state index in [1.54, 1.807) is 16.8 Å². The Labute approximate surface area is 111 Å². The minimum atomic E-state index is -3.95.